The van der Waals surface area contributed by atoms with Gasteiger partial charge in [0.15, 0.2) is 5.16 Å². The molecule has 1 saturated heterocycles. The molecule has 0 aliphatic carbocycles. The molecular weight excluding hydrogens is 444 g/mol. The molecule has 1 amide bonds. The van der Waals surface area contributed by atoms with Gasteiger partial charge in [0, 0.05) is 30.7 Å². The zero-order chi connectivity index (χ0) is 23.3. The molecule has 2 aromatic heterocycles. The third kappa shape index (κ3) is 5.32. The lowest BCUT2D eigenvalue weighted by molar-refractivity contribution is 0.0858. The van der Waals surface area contributed by atoms with E-state index in [0.717, 1.165) is 47.0 Å². The first-order chi connectivity index (χ1) is 16.7. The zero-order valence-corrected chi connectivity index (χ0v) is 20.1. The van der Waals surface area contributed by atoms with Crippen LogP contribution in [0.2, 0.25) is 0 Å². The van der Waals surface area contributed by atoms with Gasteiger partial charge in [0.1, 0.15) is 0 Å². The van der Waals surface area contributed by atoms with Crippen LogP contribution in [0.1, 0.15) is 39.9 Å². The Morgan fingerprint density at radius 2 is 1.91 bits per heavy atom. The average molecular weight is 473 g/mol. The summed E-state index contributed by atoms with van der Waals surface area (Å²) in [7, 11) is 0. The van der Waals surface area contributed by atoms with Gasteiger partial charge in [0.2, 0.25) is 0 Å². The SMILES string of the molecule is Cc1ccc(CSc2nc3ccncc3n2Cc2ccc(C(=O)NC[C@H]3CCCO3)cc2)cc1. The number of rotatable bonds is 8. The number of imidazole rings is 1. The molecule has 0 unspecified atom stereocenters. The molecule has 174 valence electrons. The van der Waals surface area contributed by atoms with Crippen molar-refractivity contribution in [3.05, 3.63) is 89.2 Å². The number of nitrogens with zero attached hydrogens (tertiary/aromatic N) is 3. The summed E-state index contributed by atoms with van der Waals surface area (Å²) in [5.41, 5.74) is 6.24. The van der Waals surface area contributed by atoms with Gasteiger partial charge in [0.25, 0.3) is 5.91 Å². The highest BCUT2D eigenvalue weighted by molar-refractivity contribution is 7.98. The summed E-state index contributed by atoms with van der Waals surface area (Å²) in [6.45, 7) is 4.12. The molecule has 2 aromatic carbocycles. The topological polar surface area (TPSA) is 69.0 Å². The third-order valence-electron chi connectivity index (χ3n) is 6.08. The number of ether oxygens (including phenoxy) is 1. The van der Waals surface area contributed by atoms with E-state index in [4.69, 9.17) is 9.72 Å². The smallest absolute Gasteiger partial charge is 0.251 e. The summed E-state index contributed by atoms with van der Waals surface area (Å²) in [4.78, 5) is 21.7. The number of carbonyl (C=O) groups is 1. The number of hydrogen-bond acceptors (Lipinski definition) is 5. The van der Waals surface area contributed by atoms with Crippen molar-refractivity contribution in [3.63, 3.8) is 0 Å². The van der Waals surface area contributed by atoms with Gasteiger partial charge >= 0.3 is 0 Å². The maximum absolute atomic E-state index is 12.5. The number of pyridine rings is 1. The molecule has 1 atom stereocenters. The highest BCUT2D eigenvalue weighted by Gasteiger charge is 2.17. The molecule has 0 saturated carbocycles. The molecule has 5 rings (SSSR count). The van der Waals surface area contributed by atoms with Gasteiger partial charge in [0.05, 0.1) is 29.9 Å². The second-order valence-corrected chi connectivity index (χ2v) is 9.60. The van der Waals surface area contributed by atoms with Crippen LogP contribution in [0.3, 0.4) is 0 Å². The van der Waals surface area contributed by atoms with E-state index in [-0.39, 0.29) is 12.0 Å². The van der Waals surface area contributed by atoms with E-state index < -0.39 is 0 Å². The van der Waals surface area contributed by atoms with Crippen LogP contribution in [-0.4, -0.2) is 39.7 Å². The summed E-state index contributed by atoms with van der Waals surface area (Å²) in [6.07, 6.45) is 5.86. The molecule has 3 heterocycles. The van der Waals surface area contributed by atoms with Crippen molar-refractivity contribution in [3.8, 4) is 0 Å². The summed E-state index contributed by atoms with van der Waals surface area (Å²) in [5, 5.41) is 3.94. The van der Waals surface area contributed by atoms with Crippen LogP contribution < -0.4 is 5.32 Å². The van der Waals surface area contributed by atoms with Gasteiger partial charge < -0.3 is 14.6 Å². The van der Waals surface area contributed by atoms with E-state index in [0.29, 0.717) is 18.7 Å². The molecule has 1 aliphatic rings. The minimum atomic E-state index is -0.0614. The first kappa shape index (κ1) is 22.6. The quantitative estimate of drug-likeness (QED) is 0.366. The highest BCUT2D eigenvalue weighted by Crippen LogP contribution is 2.27. The number of carbonyl (C=O) groups excluding carboxylic acids is 1. The summed E-state index contributed by atoms with van der Waals surface area (Å²) in [5.74, 6) is 0.787. The van der Waals surface area contributed by atoms with Crippen molar-refractivity contribution in [2.45, 2.75) is 43.3 Å². The van der Waals surface area contributed by atoms with Crippen LogP contribution in [0.5, 0.6) is 0 Å². The first-order valence-electron chi connectivity index (χ1n) is 11.6. The number of fused-ring (bicyclic) bond motifs is 1. The number of aryl methyl sites for hydroxylation is 1. The van der Waals surface area contributed by atoms with Gasteiger partial charge in [-0.05, 0) is 49.1 Å². The largest absolute Gasteiger partial charge is 0.376 e. The summed E-state index contributed by atoms with van der Waals surface area (Å²) in [6, 6.07) is 18.4. The minimum absolute atomic E-state index is 0.0614. The molecule has 0 bridgehead atoms. The maximum atomic E-state index is 12.5. The molecular formula is C27H28N4O2S. The van der Waals surface area contributed by atoms with E-state index in [1.54, 1.807) is 18.0 Å². The van der Waals surface area contributed by atoms with Crippen LogP contribution in [0.4, 0.5) is 0 Å². The van der Waals surface area contributed by atoms with Gasteiger partial charge in [-0.25, -0.2) is 4.98 Å². The summed E-state index contributed by atoms with van der Waals surface area (Å²) >= 11 is 1.73. The van der Waals surface area contributed by atoms with Crippen molar-refractivity contribution in [1.29, 1.82) is 0 Å². The van der Waals surface area contributed by atoms with Crippen LogP contribution in [0.15, 0.2) is 72.1 Å². The summed E-state index contributed by atoms with van der Waals surface area (Å²) < 4.78 is 7.79. The number of nitrogens with one attached hydrogen (secondary N) is 1. The molecule has 1 aliphatic heterocycles. The van der Waals surface area contributed by atoms with E-state index >= 15 is 0 Å². The Labute approximate surface area is 203 Å². The first-order valence-corrected chi connectivity index (χ1v) is 12.6. The molecule has 1 fully saturated rings. The molecule has 6 nitrogen and oxygen atoms in total. The molecule has 0 radical (unpaired) electrons. The lowest BCUT2D eigenvalue weighted by Gasteiger charge is -2.12. The number of thioether (sulfide) groups is 1. The fraction of sp³-hybridized carbons (Fsp3) is 0.296. The fourth-order valence-corrected chi connectivity index (χ4v) is 5.07. The second kappa shape index (κ2) is 10.4. The average Bonchev–Trinajstić information content (AvgIpc) is 3.51. The lowest BCUT2D eigenvalue weighted by Crippen LogP contribution is -2.31. The Hall–Kier alpha value is -3.16. The number of benzene rings is 2. The second-order valence-electron chi connectivity index (χ2n) is 8.66. The molecule has 7 heteroatoms. The lowest BCUT2D eigenvalue weighted by atomic mass is 10.1. The van der Waals surface area contributed by atoms with Gasteiger partial charge in [-0.2, -0.15) is 0 Å². The van der Waals surface area contributed by atoms with Crippen molar-refractivity contribution in [2.24, 2.45) is 0 Å². The van der Waals surface area contributed by atoms with E-state index in [9.17, 15) is 4.79 Å². The Bertz CT molecular complexity index is 1260. The van der Waals surface area contributed by atoms with Gasteiger partial charge in [-0.3, -0.25) is 9.78 Å². The van der Waals surface area contributed by atoms with Gasteiger partial charge in [-0.15, -0.1) is 0 Å². The van der Waals surface area contributed by atoms with E-state index in [1.807, 2.05) is 36.5 Å². The maximum Gasteiger partial charge on any atom is 0.251 e. The Morgan fingerprint density at radius 1 is 1.12 bits per heavy atom. The van der Waals surface area contributed by atoms with Crippen LogP contribution in [0, 0.1) is 6.92 Å². The normalized spacial score (nSPS) is 15.6. The van der Waals surface area contributed by atoms with E-state index in [1.165, 1.54) is 11.1 Å². The highest BCUT2D eigenvalue weighted by atomic mass is 32.2. The fourth-order valence-electron chi connectivity index (χ4n) is 4.10. The van der Waals surface area contributed by atoms with Crippen LogP contribution >= 0.6 is 11.8 Å². The Morgan fingerprint density at radius 3 is 2.68 bits per heavy atom. The third-order valence-corrected chi connectivity index (χ3v) is 7.12. The van der Waals surface area contributed by atoms with Crippen molar-refractivity contribution >= 4 is 28.7 Å². The Balaban J connectivity index is 1.30. The number of hydrogen-bond donors (Lipinski definition) is 1. The van der Waals surface area contributed by atoms with Crippen molar-refractivity contribution in [2.75, 3.05) is 13.2 Å². The molecule has 34 heavy (non-hydrogen) atoms. The molecule has 0 spiro atoms. The number of aromatic nitrogens is 3. The van der Waals surface area contributed by atoms with Gasteiger partial charge in [-0.1, -0.05) is 53.7 Å². The standard InChI is InChI=1S/C27H28N4O2S/c1-19-4-6-21(7-5-19)18-34-27-30-24-12-13-28-16-25(24)31(27)17-20-8-10-22(11-9-20)26(32)29-15-23-3-2-14-33-23/h4-13,16,23H,2-3,14-15,17-18H2,1H3,(H,29,32)/t23-/m1/s1. The monoisotopic (exact) mass is 472 g/mol. The van der Waals surface area contributed by atoms with E-state index in [2.05, 4.69) is 46.1 Å². The predicted octanol–water partition coefficient (Wildman–Crippen LogP) is 4.99. The van der Waals surface area contributed by atoms with Crippen LogP contribution in [0.25, 0.3) is 11.0 Å². The van der Waals surface area contributed by atoms with Crippen molar-refractivity contribution in [1.82, 2.24) is 19.9 Å². The number of amides is 1. The predicted molar refractivity (Wildman–Crippen MR) is 135 cm³/mol. The molecule has 1 N–H and O–H groups in total. The minimum Gasteiger partial charge on any atom is -0.376 e. The van der Waals surface area contributed by atoms with Crippen molar-refractivity contribution < 1.29 is 9.53 Å². The zero-order valence-electron chi connectivity index (χ0n) is 19.2. The Kier molecular flexibility index (Phi) is 6.92. The van der Waals surface area contributed by atoms with Crippen LogP contribution in [-0.2, 0) is 17.0 Å². The molecule has 4 aromatic rings.